The van der Waals surface area contributed by atoms with Crippen molar-refractivity contribution < 1.29 is 24.2 Å². The number of aryl methyl sites for hydroxylation is 1. The van der Waals surface area contributed by atoms with Crippen molar-refractivity contribution in [2.45, 2.75) is 0 Å². The van der Waals surface area contributed by atoms with Crippen LogP contribution in [0.1, 0.15) is 10.5 Å². The predicted octanol–water partition coefficient (Wildman–Crippen LogP) is 1.76. The van der Waals surface area contributed by atoms with E-state index in [9.17, 15) is 9.59 Å². The fourth-order valence-corrected chi connectivity index (χ4v) is 2.63. The summed E-state index contributed by atoms with van der Waals surface area (Å²) in [6.45, 7) is -0.310. The predicted molar refractivity (Wildman–Crippen MR) is 89.9 cm³/mol. The summed E-state index contributed by atoms with van der Waals surface area (Å²) in [6, 6.07) is 3.17. The zero-order valence-electron chi connectivity index (χ0n) is 13.1. The highest BCUT2D eigenvalue weighted by Crippen LogP contribution is 2.39. The number of carbonyl (C=O) groups excluding carboxylic acids is 2. The van der Waals surface area contributed by atoms with Crippen molar-refractivity contribution in [3.05, 3.63) is 27.9 Å². The summed E-state index contributed by atoms with van der Waals surface area (Å²) >= 11 is 12.4. The van der Waals surface area contributed by atoms with Gasteiger partial charge >= 0.3 is 5.97 Å². The number of amides is 1. The molecular formula is C15H16Cl2N2O5. The number of rotatable bonds is 6. The van der Waals surface area contributed by atoms with Crippen LogP contribution in [-0.4, -0.2) is 48.4 Å². The standard InChI is InChI=1S/C15H16Cl2N2O5/c1-19-9-6-11(24-7-12(21)18-3-4-20)14(17)13(16)8(9)5-10(19)15(22)23-2/h5-6,20H,3-4,7H2,1-2H3,(H,18,21). The molecular weight excluding hydrogens is 359 g/mol. The molecule has 0 spiro atoms. The maximum atomic E-state index is 11.8. The molecule has 24 heavy (non-hydrogen) atoms. The van der Waals surface area contributed by atoms with Crippen LogP contribution in [0.2, 0.25) is 10.0 Å². The summed E-state index contributed by atoms with van der Waals surface area (Å²) in [5.74, 6) is -0.698. The molecule has 1 aromatic carbocycles. The number of halogens is 2. The Hall–Kier alpha value is -1.96. The quantitative estimate of drug-likeness (QED) is 0.751. The summed E-state index contributed by atoms with van der Waals surface area (Å²) in [5, 5.41) is 12.0. The normalized spacial score (nSPS) is 10.7. The van der Waals surface area contributed by atoms with Crippen molar-refractivity contribution in [2.75, 3.05) is 26.9 Å². The monoisotopic (exact) mass is 374 g/mol. The van der Waals surface area contributed by atoms with Gasteiger partial charge in [-0.1, -0.05) is 23.2 Å². The Morgan fingerprint density at radius 1 is 1.29 bits per heavy atom. The third-order valence-electron chi connectivity index (χ3n) is 3.38. The SMILES string of the molecule is COC(=O)c1cc2c(Cl)c(Cl)c(OCC(=O)NCCO)cc2n1C. The second-order valence-corrected chi connectivity index (χ2v) is 5.63. The lowest BCUT2D eigenvalue weighted by Gasteiger charge is -2.11. The van der Waals surface area contributed by atoms with E-state index in [-0.39, 0.29) is 35.6 Å². The fraction of sp³-hybridized carbons (Fsp3) is 0.333. The molecule has 0 bridgehead atoms. The van der Waals surface area contributed by atoms with Crippen LogP contribution < -0.4 is 10.1 Å². The summed E-state index contributed by atoms with van der Waals surface area (Å²) < 4.78 is 11.7. The lowest BCUT2D eigenvalue weighted by molar-refractivity contribution is -0.123. The zero-order chi connectivity index (χ0) is 17.9. The van der Waals surface area contributed by atoms with Crippen molar-refractivity contribution in [2.24, 2.45) is 7.05 Å². The minimum absolute atomic E-state index is 0.135. The molecule has 9 heteroatoms. The second kappa shape index (κ2) is 7.74. The molecule has 1 heterocycles. The van der Waals surface area contributed by atoms with Crippen LogP contribution in [-0.2, 0) is 16.6 Å². The van der Waals surface area contributed by atoms with E-state index in [0.717, 1.165) is 0 Å². The largest absolute Gasteiger partial charge is 0.482 e. The fourth-order valence-electron chi connectivity index (χ4n) is 2.18. The van der Waals surface area contributed by atoms with E-state index >= 15 is 0 Å². The topological polar surface area (TPSA) is 89.8 Å². The summed E-state index contributed by atoms with van der Waals surface area (Å²) in [7, 11) is 2.96. The number of methoxy groups -OCH3 is 1. The van der Waals surface area contributed by atoms with Crippen molar-refractivity contribution in [1.82, 2.24) is 9.88 Å². The Labute approximate surface area is 148 Å². The lowest BCUT2D eigenvalue weighted by atomic mass is 10.2. The van der Waals surface area contributed by atoms with Gasteiger partial charge in [0, 0.05) is 25.0 Å². The number of nitrogens with one attached hydrogen (secondary N) is 1. The first-order valence-corrected chi connectivity index (χ1v) is 7.72. The van der Waals surface area contributed by atoms with E-state index < -0.39 is 11.9 Å². The number of benzene rings is 1. The van der Waals surface area contributed by atoms with Gasteiger partial charge in [-0.2, -0.15) is 0 Å². The molecule has 0 unspecified atom stereocenters. The van der Waals surface area contributed by atoms with E-state index in [1.54, 1.807) is 23.7 Å². The molecule has 0 radical (unpaired) electrons. The summed E-state index contributed by atoms with van der Waals surface area (Å²) in [4.78, 5) is 23.3. The Morgan fingerprint density at radius 2 is 2.00 bits per heavy atom. The molecule has 1 aromatic heterocycles. The third kappa shape index (κ3) is 3.58. The average molecular weight is 375 g/mol. The van der Waals surface area contributed by atoms with Crippen LogP contribution in [0.4, 0.5) is 0 Å². The van der Waals surface area contributed by atoms with Crippen LogP contribution >= 0.6 is 23.2 Å². The van der Waals surface area contributed by atoms with Gasteiger partial charge in [0.1, 0.15) is 16.5 Å². The van der Waals surface area contributed by atoms with Crippen LogP contribution in [0.5, 0.6) is 5.75 Å². The number of esters is 1. The molecule has 2 rings (SSSR count). The smallest absolute Gasteiger partial charge is 0.354 e. The van der Waals surface area contributed by atoms with Gasteiger partial charge in [-0.05, 0) is 6.07 Å². The van der Waals surface area contributed by atoms with Gasteiger partial charge in [0.2, 0.25) is 0 Å². The second-order valence-electron chi connectivity index (χ2n) is 4.88. The number of ether oxygens (including phenoxy) is 2. The van der Waals surface area contributed by atoms with Crippen molar-refractivity contribution in [1.29, 1.82) is 0 Å². The van der Waals surface area contributed by atoms with Gasteiger partial charge in [0.15, 0.2) is 6.61 Å². The molecule has 130 valence electrons. The molecule has 0 aliphatic heterocycles. The molecule has 0 atom stereocenters. The number of aromatic nitrogens is 1. The molecule has 7 nitrogen and oxygen atoms in total. The van der Waals surface area contributed by atoms with E-state index in [4.69, 9.17) is 37.8 Å². The molecule has 0 saturated heterocycles. The highest BCUT2D eigenvalue weighted by Gasteiger charge is 2.20. The van der Waals surface area contributed by atoms with Crippen molar-refractivity contribution in [3.63, 3.8) is 0 Å². The van der Waals surface area contributed by atoms with E-state index in [1.807, 2.05) is 0 Å². The minimum atomic E-state index is -0.508. The first-order valence-electron chi connectivity index (χ1n) is 6.96. The van der Waals surface area contributed by atoms with E-state index in [2.05, 4.69) is 5.32 Å². The summed E-state index contributed by atoms with van der Waals surface area (Å²) in [6.07, 6.45) is 0. The average Bonchev–Trinajstić information content (AvgIpc) is 2.91. The highest BCUT2D eigenvalue weighted by atomic mass is 35.5. The number of aliphatic hydroxyl groups is 1. The molecule has 0 fully saturated rings. The maximum absolute atomic E-state index is 11.8. The number of hydrogen-bond acceptors (Lipinski definition) is 5. The summed E-state index contributed by atoms with van der Waals surface area (Å²) in [5.41, 5.74) is 0.916. The maximum Gasteiger partial charge on any atom is 0.354 e. The number of carbonyl (C=O) groups is 2. The Kier molecular flexibility index (Phi) is 5.93. The molecule has 0 aliphatic rings. The number of nitrogens with zero attached hydrogens (tertiary/aromatic N) is 1. The number of fused-ring (bicyclic) bond motifs is 1. The number of hydrogen-bond donors (Lipinski definition) is 2. The van der Waals surface area contributed by atoms with Crippen molar-refractivity contribution >= 4 is 46.0 Å². The Morgan fingerprint density at radius 3 is 2.62 bits per heavy atom. The van der Waals surface area contributed by atoms with Gasteiger partial charge < -0.3 is 24.5 Å². The number of aliphatic hydroxyl groups excluding tert-OH is 1. The molecule has 1 amide bonds. The van der Waals surface area contributed by atoms with Crippen molar-refractivity contribution in [3.8, 4) is 5.75 Å². The minimum Gasteiger partial charge on any atom is -0.482 e. The van der Waals surface area contributed by atoms with E-state index in [1.165, 1.54) is 7.11 Å². The lowest BCUT2D eigenvalue weighted by Crippen LogP contribution is -2.31. The van der Waals surface area contributed by atoms with Gasteiger partial charge in [0.25, 0.3) is 5.91 Å². The van der Waals surface area contributed by atoms with Crippen LogP contribution in [0.15, 0.2) is 12.1 Å². The first-order chi connectivity index (χ1) is 11.4. The first kappa shape index (κ1) is 18.4. The molecule has 0 saturated carbocycles. The van der Waals surface area contributed by atoms with E-state index in [0.29, 0.717) is 16.6 Å². The zero-order valence-corrected chi connectivity index (χ0v) is 14.6. The van der Waals surface area contributed by atoms with Crippen LogP contribution in [0.25, 0.3) is 10.9 Å². The van der Waals surface area contributed by atoms with Crippen LogP contribution in [0, 0.1) is 0 Å². The molecule has 2 aromatic rings. The molecule has 2 N–H and O–H groups in total. The highest BCUT2D eigenvalue weighted by molar-refractivity contribution is 6.46. The van der Waals surface area contributed by atoms with Gasteiger partial charge in [0.05, 0.1) is 24.3 Å². The van der Waals surface area contributed by atoms with Crippen LogP contribution in [0.3, 0.4) is 0 Å². The Balaban J connectivity index is 2.35. The Bertz CT molecular complexity index is 788. The third-order valence-corrected chi connectivity index (χ3v) is 4.24. The van der Waals surface area contributed by atoms with Gasteiger partial charge in [-0.3, -0.25) is 4.79 Å². The van der Waals surface area contributed by atoms with Gasteiger partial charge in [-0.25, -0.2) is 4.79 Å². The van der Waals surface area contributed by atoms with Gasteiger partial charge in [-0.15, -0.1) is 0 Å². The molecule has 0 aliphatic carbocycles.